The molecule has 0 aliphatic rings. The predicted molar refractivity (Wildman–Crippen MR) is 84.4 cm³/mol. The Kier molecular flexibility index (Phi) is 7.79. The van der Waals surface area contributed by atoms with E-state index in [0.29, 0.717) is 24.8 Å². The molecule has 0 radical (unpaired) electrons. The van der Waals surface area contributed by atoms with Gasteiger partial charge < -0.3 is 20.5 Å². The molecule has 3 N–H and O–H groups in total. The van der Waals surface area contributed by atoms with Gasteiger partial charge in [0.25, 0.3) is 0 Å². The number of carbonyl (C=O) groups is 1. The van der Waals surface area contributed by atoms with E-state index in [-0.39, 0.29) is 6.03 Å². The van der Waals surface area contributed by atoms with Crippen LogP contribution in [0, 0.1) is 5.92 Å². The molecular weight excluding hydrogens is 268 g/mol. The molecule has 1 atom stereocenters. The Labute approximate surface area is 126 Å². The zero-order valence-corrected chi connectivity index (χ0v) is 13.1. The second kappa shape index (κ2) is 9.37. The van der Waals surface area contributed by atoms with E-state index in [0.717, 1.165) is 18.6 Å². The maximum absolute atomic E-state index is 11.6. The number of aliphatic hydroxyl groups excluding tert-OH is 1. The topological polar surface area (TPSA) is 70.6 Å². The van der Waals surface area contributed by atoms with Crippen molar-refractivity contribution in [2.45, 2.75) is 33.3 Å². The number of ether oxygens (including phenoxy) is 1. The fraction of sp³-hybridized carbons (Fsp3) is 0.562. The lowest BCUT2D eigenvalue weighted by Crippen LogP contribution is -2.31. The quantitative estimate of drug-likeness (QED) is 0.646. The third-order valence-electron chi connectivity index (χ3n) is 3.02. The SMILES string of the molecule is CC(C)CCOCCNC(=O)Nc1ccc(C(C)O)cc1. The first kappa shape index (κ1) is 17.5. The van der Waals surface area contributed by atoms with Gasteiger partial charge in [-0.05, 0) is 37.0 Å². The van der Waals surface area contributed by atoms with Crippen molar-refractivity contribution in [1.82, 2.24) is 5.32 Å². The lowest BCUT2D eigenvalue weighted by molar-refractivity contribution is 0.126. The number of carbonyl (C=O) groups excluding carboxylic acids is 1. The molecule has 0 heterocycles. The van der Waals surface area contributed by atoms with Crippen molar-refractivity contribution in [3.05, 3.63) is 29.8 Å². The van der Waals surface area contributed by atoms with Crippen LogP contribution in [-0.4, -0.2) is 30.9 Å². The minimum absolute atomic E-state index is 0.257. The van der Waals surface area contributed by atoms with Crippen molar-refractivity contribution in [2.24, 2.45) is 5.92 Å². The Morgan fingerprint density at radius 2 is 1.86 bits per heavy atom. The van der Waals surface area contributed by atoms with Crippen molar-refractivity contribution in [3.63, 3.8) is 0 Å². The van der Waals surface area contributed by atoms with Gasteiger partial charge in [0.15, 0.2) is 0 Å². The monoisotopic (exact) mass is 294 g/mol. The number of hydrogen-bond acceptors (Lipinski definition) is 3. The molecule has 0 saturated carbocycles. The van der Waals surface area contributed by atoms with Gasteiger partial charge in [-0.1, -0.05) is 26.0 Å². The molecule has 1 unspecified atom stereocenters. The average Bonchev–Trinajstić information content (AvgIpc) is 2.43. The normalized spacial score (nSPS) is 12.2. The first-order chi connectivity index (χ1) is 9.99. The standard InChI is InChI=1S/C16H26N2O3/c1-12(2)8-10-21-11-9-17-16(20)18-15-6-4-14(5-7-15)13(3)19/h4-7,12-13,19H,8-11H2,1-3H3,(H2,17,18,20). The number of amides is 2. The number of urea groups is 1. The summed E-state index contributed by atoms with van der Waals surface area (Å²) in [6.07, 6.45) is 0.526. The van der Waals surface area contributed by atoms with Gasteiger partial charge in [0.2, 0.25) is 0 Å². The summed E-state index contributed by atoms with van der Waals surface area (Å²) in [6.45, 7) is 7.72. The molecule has 0 aliphatic heterocycles. The third kappa shape index (κ3) is 7.68. The highest BCUT2D eigenvalue weighted by atomic mass is 16.5. The molecule has 0 fully saturated rings. The van der Waals surface area contributed by atoms with Crippen LogP contribution in [0.15, 0.2) is 24.3 Å². The van der Waals surface area contributed by atoms with Gasteiger partial charge in [-0.3, -0.25) is 0 Å². The molecule has 1 aromatic carbocycles. The van der Waals surface area contributed by atoms with E-state index >= 15 is 0 Å². The minimum atomic E-state index is -0.504. The summed E-state index contributed by atoms with van der Waals surface area (Å²) in [5, 5.41) is 14.9. The number of hydrogen-bond donors (Lipinski definition) is 3. The molecule has 5 heteroatoms. The first-order valence-corrected chi connectivity index (χ1v) is 7.39. The highest BCUT2D eigenvalue weighted by Gasteiger charge is 2.03. The number of benzene rings is 1. The molecule has 0 bridgehead atoms. The number of nitrogens with one attached hydrogen (secondary N) is 2. The molecule has 2 amide bonds. The summed E-state index contributed by atoms with van der Waals surface area (Å²) in [5.41, 5.74) is 1.51. The molecule has 1 aromatic rings. The number of anilines is 1. The van der Waals surface area contributed by atoms with Gasteiger partial charge in [0.05, 0.1) is 12.7 Å². The van der Waals surface area contributed by atoms with E-state index in [9.17, 15) is 9.90 Å². The first-order valence-electron chi connectivity index (χ1n) is 7.39. The maximum atomic E-state index is 11.6. The molecule has 0 aliphatic carbocycles. The van der Waals surface area contributed by atoms with Crippen molar-refractivity contribution in [1.29, 1.82) is 0 Å². The van der Waals surface area contributed by atoms with Crippen molar-refractivity contribution in [3.8, 4) is 0 Å². The molecule has 0 saturated heterocycles. The van der Waals surface area contributed by atoms with Gasteiger partial charge in [0, 0.05) is 18.8 Å². The number of aliphatic hydroxyl groups is 1. The molecule has 118 valence electrons. The fourth-order valence-corrected chi connectivity index (χ4v) is 1.68. The Morgan fingerprint density at radius 1 is 1.19 bits per heavy atom. The molecule has 0 aromatic heterocycles. The molecular formula is C16H26N2O3. The summed E-state index contributed by atoms with van der Waals surface area (Å²) in [4.78, 5) is 11.6. The van der Waals surface area contributed by atoms with Gasteiger partial charge in [-0.15, -0.1) is 0 Å². The zero-order valence-electron chi connectivity index (χ0n) is 13.1. The lowest BCUT2D eigenvalue weighted by Gasteiger charge is -2.10. The van der Waals surface area contributed by atoms with Crippen molar-refractivity contribution < 1.29 is 14.6 Å². The summed E-state index contributed by atoms with van der Waals surface area (Å²) < 4.78 is 5.42. The summed E-state index contributed by atoms with van der Waals surface area (Å²) >= 11 is 0. The highest BCUT2D eigenvalue weighted by molar-refractivity contribution is 5.89. The van der Waals surface area contributed by atoms with Crippen molar-refractivity contribution >= 4 is 11.7 Å². The van der Waals surface area contributed by atoms with Gasteiger partial charge in [-0.25, -0.2) is 4.79 Å². The van der Waals surface area contributed by atoms with Gasteiger partial charge >= 0.3 is 6.03 Å². The largest absolute Gasteiger partial charge is 0.389 e. The van der Waals surface area contributed by atoms with Crippen LogP contribution in [0.4, 0.5) is 10.5 Å². The van der Waals surface area contributed by atoms with E-state index < -0.39 is 6.10 Å². The van der Waals surface area contributed by atoms with E-state index in [1.165, 1.54) is 0 Å². The number of rotatable bonds is 8. The predicted octanol–water partition coefficient (Wildman–Crippen LogP) is 2.92. The maximum Gasteiger partial charge on any atom is 0.319 e. The van der Waals surface area contributed by atoms with E-state index in [2.05, 4.69) is 24.5 Å². The highest BCUT2D eigenvalue weighted by Crippen LogP contribution is 2.15. The van der Waals surface area contributed by atoms with E-state index in [1.807, 2.05) is 0 Å². The van der Waals surface area contributed by atoms with Crippen LogP contribution in [0.25, 0.3) is 0 Å². The van der Waals surface area contributed by atoms with Crippen LogP contribution < -0.4 is 10.6 Å². The van der Waals surface area contributed by atoms with Gasteiger partial charge in [0.1, 0.15) is 0 Å². The second-order valence-electron chi connectivity index (χ2n) is 5.47. The zero-order chi connectivity index (χ0) is 15.7. The minimum Gasteiger partial charge on any atom is -0.389 e. The van der Waals surface area contributed by atoms with Gasteiger partial charge in [-0.2, -0.15) is 0 Å². The summed E-state index contributed by atoms with van der Waals surface area (Å²) in [6, 6.07) is 6.85. The molecule has 1 rings (SSSR count). The van der Waals surface area contributed by atoms with E-state index in [1.54, 1.807) is 31.2 Å². The van der Waals surface area contributed by atoms with Crippen LogP contribution in [0.5, 0.6) is 0 Å². The molecule has 5 nitrogen and oxygen atoms in total. The van der Waals surface area contributed by atoms with Crippen LogP contribution in [0.2, 0.25) is 0 Å². The Hall–Kier alpha value is -1.59. The smallest absolute Gasteiger partial charge is 0.319 e. The average molecular weight is 294 g/mol. The lowest BCUT2D eigenvalue weighted by atomic mass is 10.1. The van der Waals surface area contributed by atoms with Crippen LogP contribution in [-0.2, 0) is 4.74 Å². The molecule has 0 spiro atoms. The Bertz CT molecular complexity index is 416. The van der Waals surface area contributed by atoms with E-state index in [4.69, 9.17) is 4.74 Å². The third-order valence-corrected chi connectivity index (χ3v) is 3.02. The van der Waals surface area contributed by atoms with Crippen LogP contribution >= 0.6 is 0 Å². The Balaban J connectivity index is 2.18. The fourth-order valence-electron chi connectivity index (χ4n) is 1.68. The van der Waals surface area contributed by atoms with Crippen molar-refractivity contribution in [2.75, 3.05) is 25.1 Å². The molecule has 21 heavy (non-hydrogen) atoms. The van der Waals surface area contributed by atoms with Crippen LogP contribution in [0.1, 0.15) is 38.9 Å². The summed E-state index contributed by atoms with van der Waals surface area (Å²) in [5.74, 6) is 0.630. The van der Waals surface area contributed by atoms with Crippen LogP contribution in [0.3, 0.4) is 0 Å². The summed E-state index contributed by atoms with van der Waals surface area (Å²) in [7, 11) is 0. The second-order valence-corrected chi connectivity index (χ2v) is 5.47. The Morgan fingerprint density at radius 3 is 2.43 bits per heavy atom.